The fourth-order valence-corrected chi connectivity index (χ4v) is 28.2. The van der Waals surface area contributed by atoms with Crippen molar-refractivity contribution in [1.29, 1.82) is 0 Å². The van der Waals surface area contributed by atoms with Crippen molar-refractivity contribution in [3.8, 4) is 0 Å². The topological polar surface area (TPSA) is 13.0 Å². The van der Waals surface area contributed by atoms with E-state index in [0.29, 0.717) is 5.02 Å². The Balaban J connectivity index is 0.000000158. The molecule has 0 radical (unpaired) electrons. The van der Waals surface area contributed by atoms with Crippen molar-refractivity contribution in [3.05, 3.63) is 367 Å². The minimum Gasteiger partial charge on any atom is -0.311 e. The van der Waals surface area contributed by atoms with Crippen LogP contribution in [0.3, 0.4) is 0 Å². The van der Waals surface area contributed by atoms with Crippen LogP contribution < -0.4 is 77.5 Å². The van der Waals surface area contributed by atoms with Gasteiger partial charge >= 0.3 is 0 Å². The molecular formula is C100H92BClN4Si2. The van der Waals surface area contributed by atoms with Gasteiger partial charge in [-0.15, -0.1) is 0 Å². The first-order chi connectivity index (χ1) is 52.0. The SMILES string of the molecule is CC(C)(C)c1ccc(N2c3cccc(c3)[Si](c3ccccc3)(c3ccccc3)c3cccc(c3)N(c3ccc(C(C)(C)C)cc3)c3cccc2c3Cl)cc1.CC(C)(C)c1ccc(N2c3cccc4c3B3c5c2cccc5[Si](c2ccccc2)(c2ccccc2)c2cccc(c23)N4c2ccc(C(C)(C)C)cc2)cc1. The zero-order valence-electron chi connectivity index (χ0n) is 64.1. The van der Waals surface area contributed by atoms with Crippen molar-refractivity contribution >= 4 is 161 Å². The van der Waals surface area contributed by atoms with Crippen molar-refractivity contribution in [3.63, 3.8) is 0 Å². The molecule has 0 saturated carbocycles. The van der Waals surface area contributed by atoms with Crippen LogP contribution in [0.1, 0.15) is 105 Å². The molecule has 6 bridgehead atoms. The van der Waals surface area contributed by atoms with E-state index in [4.69, 9.17) is 11.6 Å². The Hall–Kier alpha value is -10.9. The molecule has 0 amide bonds. The van der Waals surface area contributed by atoms with E-state index in [1.807, 2.05) is 0 Å². The lowest BCUT2D eigenvalue weighted by Gasteiger charge is -2.51. The van der Waals surface area contributed by atoms with E-state index < -0.39 is 16.1 Å². The summed E-state index contributed by atoms with van der Waals surface area (Å²) in [5.74, 6) is 0. The third-order valence-electron chi connectivity index (χ3n) is 23.2. The average Bonchev–Trinajstić information content (AvgIpc) is 0.662. The van der Waals surface area contributed by atoms with Gasteiger partial charge in [0.1, 0.15) is 0 Å². The Bertz CT molecular complexity index is 5340. The maximum Gasteiger partial charge on any atom is 0.251 e. The van der Waals surface area contributed by atoms with E-state index >= 15 is 0 Å². The molecule has 530 valence electrons. The molecule has 14 aromatic carbocycles. The molecule has 14 aromatic rings. The van der Waals surface area contributed by atoms with Crippen molar-refractivity contribution < 1.29 is 0 Å². The molecule has 4 nitrogen and oxygen atoms in total. The quantitative estimate of drug-likeness (QED) is 0.141. The van der Waals surface area contributed by atoms with E-state index in [2.05, 4.69) is 442 Å². The number of hydrogen-bond donors (Lipinski definition) is 0. The van der Waals surface area contributed by atoms with Crippen LogP contribution in [0, 0.1) is 0 Å². The summed E-state index contributed by atoms with van der Waals surface area (Å²) in [5, 5.41) is 11.8. The Kier molecular flexibility index (Phi) is 17.4. The Morgan fingerprint density at radius 2 is 0.472 bits per heavy atom. The second-order valence-corrected chi connectivity index (χ2v) is 41.7. The summed E-state index contributed by atoms with van der Waals surface area (Å²) >= 11 is 7.73. The van der Waals surface area contributed by atoms with Gasteiger partial charge in [-0.2, -0.15) is 0 Å². The highest BCUT2D eigenvalue weighted by molar-refractivity contribution is 7.27. The average molecular weight is 1450 g/mol. The molecule has 0 aromatic heterocycles. The number of fused-ring (bicyclic) bond motifs is 6. The summed E-state index contributed by atoms with van der Waals surface area (Å²) in [4.78, 5) is 9.81. The number of halogens is 1. The van der Waals surface area contributed by atoms with Gasteiger partial charge in [-0.3, -0.25) is 0 Å². The number of anilines is 12. The van der Waals surface area contributed by atoms with Crippen LogP contribution in [0.4, 0.5) is 68.2 Å². The lowest BCUT2D eigenvalue weighted by Crippen LogP contribution is -2.88. The highest BCUT2D eigenvalue weighted by atomic mass is 35.5. The van der Waals surface area contributed by atoms with Gasteiger partial charge in [0.15, 0.2) is 16.1 Å². The van der Waals surface area contributed by atoms with Crippen molar-refractivity contribution in [2.24, 2.45) is 0 Å². The fraction of sp³-hybridized carbons (Fsp3) is 0.160. The zero-order chi connectivity index (χ0) is 74.7. The van der Waals surface area contributed by atoms with E-state index in [-0.39, 0.29) is 28.4 Å². The molecule has 4 heterocycles. The van der Waals surface area contributed by atoms with Gasteiger partial charge in [0, 0.05) is 56.9 Å². The Labute approximate surface area is 647 Å². The first-order valence-electron chi connectivity index (χ1n) is 38.3. The second kappa shape index (κ2) is 26.8. The van der Waals surface area contributed by atoms with Crippen molar-refractivity contribution in [2.75, 3.05) is 19.6 Å². The van der Waals surface area contributed by atoms with Crippen LogP contribution in [-0.2, 0) is 21.7 Å². The summed E-state index contributed by atoms with van der Waals surface area (Å²) in [6.07, 6.45) is 0. The van der Waals surface area contributed by atoms with E-state index in [9.17, 15) is 0 Å². The number of rotatable bonds is 8. The summed E-state index contributed by atoms with van der Waals surface area (Å²) < 4.78 is 0. The predicted molar refractivity (Wildman–Crippen MR) is 470 cm³/mol. The smallest absolute Gasteiger partial charge is 0.251 e. The van der Waals surface area contributed by atoms with Crippen LogP contribution in [0.5, 0.6) is 0 Å². The van der Waals surface area contributed by atoms with E-state index in [1.54, 1.807) is 0 Å². The molecule has 108 heavy (non-hydrogen) atoms. The molecule has 0 atom stereocenters. The van der Waals surface area contributed by atoms with Gasteiger partial charge in [-0.05, 0) is 211 Å². The molecule has 0 spiro atoms. The standard InChI is InChI=1S/C50H45BN2Si.C50H47ClN2Si/c1-49(2,3)34-26-30-36(31-27-34)52-40-20-13-21-41-46(40)51-47-42(52)22-14-24-44(47)54(38-16-9-7-10-17-38,39-18-11-8-12-19-39)45-25-15-23-43(48(45)51)53(41)37-32-28-35(29-33-37)50(4,5)6;1-49(2,3)36-26-30-38(31-27-36)52-40-16-13-22-44(34-40)54(42-18-9-7-10-19-42,43-20-11-8-12-21-43)45-23-14-17-41(35-45)53(47-25-15-24-46(52)48(47)51)39-32-28-37(29-33-39)50(4,5)6/h7-33H,1-6H3;7-35H,1-6H3. The van der Waals surface area contributed by atoms with Crippen molar-refractivity contribution in [2.45, 2.75) is 105 Å². The van der Waals surface area contributed by atoms with Crippen LogP contribution in [0.25, 0.3) is 0 Å². The summed E-state index contributed by atoms with van der Waals surface area (Å²) in [7, 11) is -5.74. The number of benzene rings is 14. The van der Waals surface area contributed by atoms with Crippen LogP contribution in [0.15, 0.2) is 340 Å². The lowest BCUT2D eigenvalue weighted by molar-refractivity contribution is 0.590. The van der Waals surface area contributed by atoms with Crippen LogP contribution >= 0.6 is 11.6 Å². The highest BCUT2D eigenvalue weighted by Crippen LogP contribution is 2.49. The lowest BCUT2D eigenvalue weighted by atomic mass is 9.33. The van der Waals surface area contributed by atoms with Gasteiger partial charge in [-0.1, -0.05) is 325 Å². The highest BCUT2D eigenvalue weighted by Gasteiger charge is 2.56. The molecule has 0 aliphatic carbocycles. The normalized spacial score (nSPS) is 14.4. The fourth-order valence-electron chi connectivity index (χ4n) is 17.8. The molecule has 0 unspecified atom stereocenters. The number of nitrogens with zero attached hydrogens (tertiary/aromatic N) is 4. The molecule has 8 heteroatoms. The maximum atomic E-state index is 7.73. The van der Waals surface area contributed by atoms with Crippen molar-refractivity contribution in [1.82, 2.24) is 0 Å². The Morgan fingerprint density at radius 1 is 0.222 bits per heavy atom. The molecule has 0 N–H and O–H groups in total. The molecule has 0 fully saturated rings. The molecular weight excluding hydrogens is 1360 g/mol. The summed E-state index contributed by atoms with van der Waals surface area (Å²) in [6.45, 7) is 27.4. The van der Waals surface area contributed by atoms with Crippen LogP contribution in [0.2, 0.25) is 5.02 Å². The van der Waals surface area contributed by atoms with Crippen LogP contribution in [-0.4, -0.2) is 22.9 Å². The van der Waals surface area contributed by atoms with Gasteiger partial charge in [0.05, 0.1) is 16.4 Å². The first-order valence-corrected chi connectivity index (χ1v) is 42.7. The third-order valence-corrected chi connectivity index (χ3v) is 33.2. The molecule has 0 saturated heterocycles. The van der Waals surface area contributed by atoms with Gasteiger partial charge < -0.3 is 19.6 Å². The maximum absolute atomic E-state index is 7.73. The monoisotopic (exact) mass is 1450 g/mol. The minimum absolute atomic E-state index is 0.0319. The van der Waals surface area contributed by atoms with E-state index in [1.165, 1.54) is 114 Å². The molecule has 18 rings (SSSR count). The Morgan fingerprint density at radius 3 is 0.778 bits per heavy atom. The summed E-state index contributed by atoms with van der Waals surface area (Å²) in [6, 6.07) is 128. The first kappa shape index (κ1) is 70.1. The number of hydrogen-bond acceptors (Lipinski definition) is 4. The van der Waals surface area contributed by atoms with Gasteiger partial charge in [0.25, 0.3) is 6.71 Å². The second-order valence-electron chi connectivity index (χ2n) is 33.8. The van der Waals surface area contributed by atoms with E-state index in [0.717, 1.165) is 34.1 Å². The summed E-state index contributed by atoms with van der Waals surface area (Å²) in [5.41, 5.74) is 23.4. The largest absolute Gasteiger partial charge is 0.311 e. The van der Waals surface area contributed by atoms with Gasteiger partial charge in [0.2, 0.25) is 0 Å². The molecule has 4 aliphatic heterocycles. The minimum atomic E-state index is -2.91. The molecule has 4 aliphatic rings. The zero-order valence-corrected chi connectivity index (χ0v) is 66.8. The third kappa shape index (κ3) is 11.6. The predicted octanol–water partition coefficient (Wildman–Crippen LogP) is 19.6. The van der Waals surface area contributed by atoms with Gasteiger partial charge in [-0.25, -0.2) is 0 Å².